The SMILES string of the molecule is O=C(O)CCCCCCCCC(=O)Nc1cccc2c1CN(C1CCC(=O)NC1=O)C2=O. The van der Waals surface area contributed by atoms with E-state index in [1.165, 1.54) is 4.90 Å². The van der Waals surface area contributed by atoms with E-state index < -0.39 is 17.9 Å². The third-order valence-electron chi connectivity index (χ3n) is 5.90. The standard InChI is InChI=1S/C23H29N3O6/c27-19(10-5-3-1-2-4-6-11-21(29)30)24-17-9-7-8-15-16(17)14-26(23(15)32)18-12-13-20(28)25-22(18)31/h7-9,18H,1-6,10-14H2,(H,24,27)(H,29,30)(H,25,28,31). The molecule has 9 heteroatoms. The molecule has 0 saturated carbocycles. The number of hydrogen-bond acceptors (Lipinski definition) is 5. The van der Waals surface area contributed by atoms with Gasteiger partial charge in [0.05, 0.1) is 0 Å². The number of rotatable bonds is 11. The highest BCUT2D eigenvalue weighted by Crippen LogP contribution is 2.32. The fourth-order valence-electron chi connectivity index (χ4n) is 4.18. The zero-order valence-electron chi connectivity index (χ0n) is 18.0. The van der Waals surface area contributed by atoms with Crippen LogP contribution in [0.1, 0.15) is 80.1 Å². The highest BCUT2D eigenvalue weighted by Gasteiger charge is 2.39. The monoisotopic (exact) mass is 443 g/mol. The molecule has 1 unspecified atom stereocenters. The highest BCUT2D eigenvalue weighted by atomic mass is 16.4. The van der Waals surface area contributed by atoms with Gasteiger partial charge in [0.2, 0.25) is 17.7 Å². The van der Waals surface area contributed by atoms with E-state index in [1.54, 1.807) is 18.2 Å². The third kappa shape index (κ3) is 5.93. The minimum atomic E-state index is -0.768. The van der Waals surface area contributed by atoms with Gasteiger partial charge in [-0.2, -0.15) is 0 Å². The summed E-state index contributed by atoms with van der Waals surface area (Å²) in [6.45, 7) is 0.216. The van der Waals surface area contributed by atoms with Gasteiger partial charge in [-0.3, -0.25) is 29.3 Å². The molecular formula is C23H29N3O6. The molecule has 2 heterocycles. The largest absolute Gasteiger partial charge is 0.481 e. The lowest BCUT2D eigenvalue weighted by atomic mass is 10.0. The zero-order chi connectivity index (χ0) is 23.1. The van der Waals surface area contributed by atoms with Crippen molar-refractivity contribution in [2.24, 2.45) is 0 Å². The van der Waals surface area contributed by atoms with Crippen molar-refractivity contribution in [2.45, 2.75) is 76.8 Å². The minimum Gasteiger partial charge on any atom is -0.481 e. The first kappa shape index (κ1) is 23.4. The van der Waals surface area contributed by atoms with Crippen molar-refractivity contribution >= 4 is 35.3 Å². The van der Waals surface area contributed by atoms with Gasteiger partial charge in [0, 0.05) is 42.6 Å². The maximum Gasteiger partial charge on any atom is 0.303 e. The first-order valence-corrected chi connectivity index (χ1v) is 11.1. The van der Waals surface area contributed by atoms with E-state index in [9.17, 15) is 24.0 Å². The smallest absolute Gasteiger partial charge is 0.303 e. The van der Waals surface area contributed by atoms with Crippen LogP contribution < -0.4 is 10.6 Å². The number of nitrogens with zero attached hydrogens (tertiary/aromatic N) is 1. The number of nitrogens with one attached hydrogen (secondary N) is 2. The normalized spacial score (nSPS) is 17.8. The Bertz CT molecular complexity index is 913. The molecule has 1 fully saturated rings. The Morgan fingerprint density at radius 3 is 2.41 bits per heavy atom. The van der Waals surface area contributed by atoms with Crippen LogP contribution >= 0.6 is 0 Å². The average molecular weight is 444 g/mol. The van der Waals surface area contributed by atoms with Gasteiger partial charge in [0.25, 0.3) is 5.91 Å². The molecule has 4 amide bonds. The van der Waals surface area contributed by atoms with Gasteiger partial charge >= 0.3 is 5.97 Å². The molecule has 172 valence electrons. The summed E-state index contributed by atoms with van der Waals surface area (Å²) in [6.07, 6.45) is 6.17. The molecule has 2 aliphatic rings. The van der Waals surface area contributed by atoms with Crippen LogP contribution in [0.5, 0.6) is 0 Å². The Morgan fingerprint density at radius 2 is 1.72 bits per heavy atom. The van der Waals surface area contributed by atoms with Gasteiger partial charge in [-0.15, -0.1) is 0 Å². The van der Waals surface area contributed by atoms with Crippen LogP contribution in [0.3, 0.4) is 0 Å². The fourth-order valence-corrected chi connectivity index (χ4v) is 4.18. The Morgan fingerprint density at radius 1 is 1.03 bits per heavy atom. The molecule has 3 N–H and O–H groups in total. The molecule has 3 rings (SSSR count). The number of amides is 4. The quantitative estimate of drug-likeness (QED) is 0.356. The van der Waals surface area contributed by atoms with E-state index >= 15 is 0 Å². The summed E-state index contributed by atoms with van der Waals surface area (Å²) < 4.78 is 0. The summed E-state index contributed by atoms with van der Waals surface area (Å²) in [7, 11) is 0. The summed E-state index contributed by atoms with van der Waals surface area (Å²) in [5.41, 5.74) is 1.73. The minimum absolute atomic E-state index is 0.129. The van der Waals surface area contributed by atoms with Crippen molar-refractivity contribution in [3.63, 3.8) is 0 Å². The topological polar surface area (TPSA) is 133 Å². The first-order valence-electron chi connectivity index (χ1n) is 11.1. The number of hydrogen-bond donors (Lipinski definition) is 3. The molecule has 0 spiro atoms. The number of anilines is 1. The number of fused-ring (bicyclic) bond motifs is 1. The molecule has 1 atom stereocenters. The Labute approximate surface area is 186 Å². The van der Waals surface area contributed by atoms with Gasteiger partial charge in [-0.25, -0.2) is 0 Å². The maximum atomic E-state index is 12.8. The van der Waals surface area contributed by atoms with E-state index in [4.69, 9.17) is 5.11 Å². The number of carboxylic acid groups (broad SMARTS) is 1. The predicted octanol–water partition coefficient (Wildman–Crippen LogP) is 2.59. The third-order valence-corrected chi connectivity index (χ3v) is 5.90. The lowest BCUT2D eigenvalue weighted by Crippen LogP contribution is -2.52. The number of aliphatic carboxylic acids is 1. The summed E-state index contributed by atoms with van der Waals surface area (Å²) in [4.78, 5) is 60.8. The lowest BCUT2D eigenvalue weighted by Gasteiger charge is -2.29. The Kier molecular flexibility index (Phi) is 7.97. The second-order valence-corrected chi connectivity index (χ2v) is 8.29. The van der Waals surface area contributed by atoms with E-state index in [2.05, 4.69) is 10.6 Å². The van der Waals surface area contributed by atoms with Crippen molar-refractivity contribution in [2.75, 3.05) is 5.32 Å². The Balaban J connectivity index is 1.48. The molecule has 0 radical (unpaired) electrons. The number of carbonyl (C=O) groups excluding carboxylic acids is 4. The first-order chi connectivity index (χ1) is 15.4. The number of piperidine rings is 1. The van der Waals surface area contributed by atoms with E-state index in [0.717, 1.165) is 32.1 Å². The average Bonchev–Trinajstić information content (AvgIpc) is 3.07. The lowest BCUT2D eigenvalue weighted by molar-refractivity contribution is -0.138. The van der Waals surface area contributed by atoms with E-state index in [1.807, 2.05) is 0 Å². The van der Waals surface area contributed by atoms with Gasteiger partial charge in [-0.1, -0.05) is 31.7 Å². The van der Waals surface area contributed by atoms with Crippen LogP contribution in [0, 0.1) is 0 Å². The molecule has 2 aliphatic heterocycles. The second kappa shape index (κ2) is 10.9. The summed E-state index contributed by atoms with van der Waals surface area (Å²) >= 11 is 0. The molecular weight excluding hydrogens is 414 g/mol. The molecule has 1 saturated heterocycles. The molecule has 32 heavy (non-hydrogen) atoms. The highest BCUT2D eigenvalue weighted by molar-refractivity contribution is 6.06. The van der Waals surface area contributed by atoms with Crippen molar-refractivity contribution in [1.29, 1.82) is 0 Å². The number of carboxylic acids is 1. The fraction of sp³-hybridized carbons (Fsp3) is 0.522. The van der Waals surface area contributed by atoms with E-state index in [-0.39, 0.29) is 37.1 Å². The van der Waals surface area contributed by atoms with Gasteiger partial charge < -0.3 is 15.3 Å². The molecule has 0 aromatic heterocycles. The van der Waals surface area contributed by atoms with Crippen molar-refractivity contribution in [1.82, 2.24) is 10.2 Å². The van der Waals surface area contributed by atoms with Crippen LogP contribution in [0.2, 0.25) is 0 Å². The molecule has 1 aromatic rings. The number of imide groups is 1. The van der Waals surface area contributed by atoms with Crippen LogP contribution in [0.15, 0.2) is 18.2 Å². The summed E-state index contributed by atoms with van der Waals surface area (Å²) in [5, 5.41) is 13.8. The number of carbonyl (C=O) groups is 5. The van der Waals surface area contributed by atoms with Crippen molar-refractivity contribution in [3.8, 4) is 0 Å². The molecule has 9 nitrogen and oxygen atoms in total. The van der Waals surface area contributed by atoms with Gasteiger partial charge in [0.1, 0.15) is 6.04 Å². The van der Waals surface area contributed by atoms with Crippen LogP contribution in [0.25, 0.3) is 0 Å². The van der Waals surface area contributed by atoms with Crippen molar-refractivity contribution < 1.29 is 29.1 Å². The van der Waals surface area contributed by atoms with Crippen LogP contribution in [0.4, 0.5) is 5.69 Å². The van der Waals surface area contributed by atoms with E-state index in [0.29, 0.717) is 36.1 Å². The zero-order valence-corrected chi connectivity index (χ0v) is 18.0. The van der Waals surface area contributed by atoms with Gasteiger partial charge in [-0.05, 0) is 31.4 Å². The van der Waals surface area contributed by atoms with Gasteiger partial charge in [0.15, 0.2) is 0 Å². The molecule has 1 aromatic carbocycles. The second-order valence-electron chi connectivity index (χ2n) is 8.29. The Hall–Kier alpha value is -3.23. The summed E-state index contributed by atoms with van der Waals surface area (Å²) in [5.74, 6) is -1.96. The molecule has 0 aliphatic carbocycles. The number of unbranched alkanes of at least 4 members (excludes halogenated alkanes) is 5. The number of benzene rings is 1. The van der Waals surface area contributed by atoms with Crippen LogP contribution in [-0.4, -0.2) is 45.6 Å². The van der Waals surface area contributed by atoms with Crippen LogP contribution in [-0.2, 0) is 25.7 Å². The predicted molar refractivity (Wildman–Crippen MR) is 116 cm³/mol. The maximum absolute atomic E-state index is 12.8. The van der Waals surface area contributed by atoms with Crippen molar-refractivity contribution in [3.05, 3.63) is 29.3 Å². The summed E-state index contributed by atoms with van der Waals surface area (Å²) in [6, 6.07) is 4.45. The molecule has 0 bridgehead atoms.